The summed E-state index contributed by atoms with van der Waals surface area (Å²) in [6.45, 7) is 12.3. The zero-order valence-corrected chi connectivity index (χ0v) is 13.2. The molecule has 19 heavy (non-hydrogen) atoms. The molecule has 0 N–H and O–H groups in total. The van der Waals surface area contributed by atoms with E-state index in [0.717, 1.165) is 28.2 Å². The highest BCUT2D eigenvalue weighted by Crippen LogP contribution is 2.33. The molecule has 0 aromatic carbocycles. The molecular weight excluding hydrogens is 256 g/mol. The maximum absolute atomic E-state index is 4.71. The number of rotatable bonds is 1. The van der Waals surface area contributed by atoms with E-state index in [9.17, 15) is 0 Å². The van der Waals surface area contributed by atoms with Gasteiger partial charge in [0.25, 0.3) is 0 Å². The SMILES string of the molecule is CC1CCN(c2nn3cc(C(C)(C)C)nc3s2)C1C. The lowest BCUT2D eigenvalue weighted by Gasteiger charge is -2.21. The molecule has 4 nitrogen and oxygen atoms in total. The van der Waals surface area contributed by atoms with E-state index < -0.39 is 0 Å². The normalized spacial score (nSPS) is 24.6. The Kier molecular flexibility index (Phi) is 2.85. The largest absolute Gasteiger partial charge is 0.344 e. The van der Waals surface area contributed by atoms with Gasteiger partial charge in [-0.25, -0.2) is 9.50 Å². The van der Waals surface area contributed by atoms with Gasteiger partial charge in [0.15, 0.2) is 0 Å². The van der Waals surface area contributed by atoms with Crippen LogP contribution < -0.4 is 4.90 Å². The van der Waals surface area contributed by atoms with E-state index in [1.807, 2.05) is 4.52 Å². The minimum Gasteiger partial charge on any atom is -0.344 e. The summed E-state index contributed by atoms with van der Waals surface area (Å²) >= 11 is 1.70. The Hall–Kier alpha value is -1.10. The number of hydrogen-bond acceptors (Lipinski definition) is 4. The van der Waals surface area contributed by atoms with Crippen molar-refractivity contribution >= 4 is 21.4 Å². The van der Waals surface area contributed by atoms with E-state index in [4.69, 9.17) is 10.1 Å². The van der Waals surface area contributed by atoms with Crippen molar-refractivity contribution in [1.29, 1.82) is 0 Å². The Morgan fingerprint density at radius 2 is 2.05 bits per heavy atom. The van der Waals surface area contributed by atoms with Crippen LogP contribution in [0.25, 0.3) is 4.96 Å². The van der Waals surface area contributed by atoms with Gasteiger partial charge in [0.05, 0.1) is 11.9 Å². The van der Waals surface area contributed by atoms with Crippen molar-refractivity contribution in [1.82, 2.24) is 14.6 Å². The van der Waals surface area contributed by atoms with Gasteiger partial charge < -0.3 is 4.90 Å². The van der Waals surface area contributed by atoms with Crippen molar-refractivity contribution < 1.29 is 0 Å². The van der Waals surface area contributed by atoms with Crippen molar-refractivity contribution in [3.05, 3.63) is 11.9 Å². The topological polar surface area (TPSA) is 33.4 Å². The lowest BCUT2D eigenvalue weighted by molar-refractivity contribution is 0.545. The van der Waals surface area contributed by atoms with E-state index in [1.54, 1.807) is 11.3 Å². The van der Waals surface area contributed by atoms with Crippen molar-refractivity contribution in [3.63, 3.8) is 0 Å². The molecule has 2 atom stereocenters. The number of nitrogens with zero attached hydrogens (tertiary/aromatic N) is 4. The average Bonchev–Trinajstić information content (AvgIpc) is 2.92. The quantitative estimate of drug-likeness (QED) is 0.802. The van der Waals surface area contributed by atoms with Crippen LogP contribution in [0.5, 0.6) is 0 Å². The van der Waals surface area contributed by atoms with E-state index in [1.165, 1.54) is 6.42 Å². The Bertz CT molecular complexity index is 561. The third-order valence-electron chi connectivity index (χ3n) is 4.19. The molecule has 2 aromatic heterocycles. The fourth-order valence-corrected chi connectivity index (χ4v) is 3.53. The molecule has 0 aliphatic carbocycles. The van der Waals surface area contributed by atoms with Gasteiger partial charge in [-0.3, -0.25) is 0 Å². The van der Waals surface area contributed by atoms with E-state index >= 15 is 0 Å². The minimum absolute atomic E-state index is 0.0863. The zero-order chi connectivity index (χ0) is 13.8. The Morgan fingerprint density at radius 3 is 2.58 bits per heavy atom. The molecule has 104 valence electrons. The maximum Gasteiger partial charge on any atom is 0.214 e. The first-order valence-corrected chi connectivity index (χ1v) is 7.81. The Labute approximate surface area is 118 Å². The molecule has 2 aromatic rings. The summed E-state index contributed by atoms with van der Waals surface area (Å²) in [5, 5.41) is 5.82. The first-order valence-electron chi connectivity index (χ1n) is 6.99. The van der Waals surface area contributed by atoms with Crippen molar-refractivity contribution in [2.24, 2.45) is 5.92 Å². The fourth-order valence-electron chi connectivity index (χ4n) is 2.53. The first-order chi connectivity index (χ1) is 8.86. The number of imidazole rings is 1. The maximum atomic E-state index is 4.71. The van der Waals surface area contributed by atoms with E-state index in [-0.39, 0.29) is 5.41 Å². The number of hydrogen-bond donors (Lipinski definition) is 0. The molecule has 3 rings (SSSR count). The van der Waals surface area contributed by atoms with Crippen molar-refractivity contribution in [3.8, 4) is 0 Å². The second-order valence-electron chi connectivity index (χ2n) is 6.69. The monoisotopic (exact) mass is 278 g/mol. The van der Waals surface area contributed by atoms with Crippen LogP contribution in [-0.2, 0) is 5.41 Å². The van der Waals surface area contributed by atoms with Crippen LogP contribution in [0.1, 0.15) is 46.7 Å². The summed E-state index contributed by atoms with van der Waals surface area (Å²) in [5.74, 6) is 0.751. The fraction of sp³-hybridized carbons (Fsp3) is 0.714. The van der Waals surface area contributed by atoms with Gasteiger partial charge in [-0.2, -0.15) is 0 Å². The van der Waals surface area contributed by atoms with Gasteiger partial charge in [0, 0.05) is 18.0 Å². The molecule has 1 fully saturated rings. The molecule has 5 heteroatoms. The van der Waals surface area contributed by atoms with Crippen LogP contribution in [0.4, 0.5) is 5.13 Å². The summed E-state index contributed by atoms with van der Waals surface area (Å²) in [4.78, 5) is 8.14. The number of aromatic nitrogens is 3. The predicted octanol–water partition coefficient (Wildman–Crippen LogP) is 3.32. The lowest BCUT2D eigenvalue weighted by Crippen LogP contribution is -2.28. The second kappa shape index (κ2) is 4.20. The summed E-state index contributed by atoms with van der Waals surface area (Å²) in [5.41, 5.74) is 1.20. The zero-order valence-electron chi connectivity index (χ0n) is 12.3. The molecule has 0 amide bonds. The number of anilines is 1. The molecule has 3 heterocycles. The average molecular weight is 278 g/mol. The van der Waals surface area contributed by atoms with Crippen molar-refractivity contribution in [2.45, 2.75) is 52.5 Å². The van der Waals surface area contributed by atoms with Gasteiger partial charge >= 0.3 is 0 Å². The standard InChI is InChI=1S/C14H22N4S/c1-9-6-7-17(10(9)2)13-16-18-8-11(14(3,4)5)15-12(18)19-13/h8-10H,6-7H2,1-5H3. The van der Waals surface area contributed by atoms with Crippen LogP contribution in [0, 0.1) is 5.92 Å². The van der Waals surface area contributed by atoms with Crippen LogP contribution in [0.15, 0.2) is 6.20 Å². The van der Waals surface area contributed by atoms with Crippen molar-refractivity contribution in [2.75, 3.05) is 11.4 Å². The molecule has 1 aliphatic heterocycles. The molecule has 2 unspecified atom stereocenters. The molecule has 0 radical (unpaired) electrons. The van der Waals surface area contributed by atoms with Crippen LogP contribution in [0.2, 0.25) is 0 Å². The van der Waals surface area contributed by atoms with Gasteiger partial charge in [0.1, 0.15) is 0 Å². The summed E-state index contributed by atoms with van der Waals surface area (Å²) < 4.78 is 1.94. The Balaban J connectivity index is 1.93. The van der Waals surface area contributed by atoms with Gasteiger partial charge in [-0.05, 0) is 19.3 Å². The smallest absolute Gasteiger partial charge is 0.214 e. The number of fused-ring (bicyclic) bond motifs is 1. The highest BCUT2D eigenvalue weighted by Gasteiger charge is 2.30. The lowest BCUT2D eigenvalue weighted by atomic mass is 9.93. The molecule has 1 saturated heterocycles. The third kappa shape index (κ3) is 2.14. The van der Waals surface area contributed by atoms with Crippen LogP contribution >= 0.6 is 11.3 Å². The molecule has 0 spiro atoms. The molecular formula is C14H22N4S. The summed E-state index contributed by atoms with van der Waals surface area (Å²) in [7, 11) is 0. The highest BCUT2D eigenvalue weighted by molar-refractivity contribution is 7.20. The van der Waals surface area contributed by atoms with Gasteiger partial charge in [0.2, 0.25) is 10.1 Å². The van der Waals surface area contributed by atoms with Gasteiger partial charge in [-0.1, -0.05) is 39.0 Å². The van der Waals surface area contributed by atoms with E-state index in [0.29, 0.717) is 6.04 Å². The van der Waals surface area contributed by atoms with Crippen LogP contribution in [-0.4, -0.2) is 27.2 Å². The first kappa shape index (κ1) is 12.9. The second-order valence-corrected chi connectivity index (χ2v) is 7.62. The third-order valence-corrected chi connectivity index (χ3v) is 5.15. The van der Waals surface area contributed by atoms with Crippen LogP contribution in [0.3, 0.4) is 0 Å². The molecule has 0 bridgehead atoms. The predicted molar refractivity (Wildman–Crippen MR) is 80.2 cm³/mol. The van der Waals surface area contributed by atoms with Gasteiger partial charge in [-0.15, -0.1) is 5.10 Å². The summed E-state index contributed by atoms with van der Waals surface area (Å²) in [6, 6.07) is 0.581. The van der Waals surface area contributed by atoms with E-state index in [2.05, 4.69) is 45.7 Å². The Morgan fingerprint density at radius 1 is 1.32 bits per heavy atom. The molecule has 1 aliphatic rings. The minimum atomic E-state index is 0.0863. The summed E-state index contributed by atoms with van der Waals surface area (Å²) in [6.07, 6.45) is 3.33. The highest BCUT2D eigenvalue weighted by atomic mass is 32.1. The molecule has 0 saturated carbocycles.